The van der Waals surface area contributed by atoms with Gasteiger partial charge in [0.15, 0.2) is 0 Å². The van der Waals surface area contributed by atoms with E-state index < -0.39 is 0 Å². The van der Waals surface area contributed by atoms with Crippen LogP contribution in [0.2, 0.25) is 0 Å². The van der Waals surface area contributed by atoms with Gasteiger partial charge in [-0.1, -0.05) is 0 Å². The molecule has 0 aliphatic carbocycles. The van der Waals surface area contributed by atoms with Crippen molar-refractivity contribution in [2.75, 3.05) is 32.8 Å². The molecule has 0 unspecified atom stereocenters. The second-order valence-corrected chi connectivity index (χ2v) is 5.29. The molecule has 5 heteroatoms. The summed E-state index contributed by atoms with van der Waals surface area (Å²) < 4.78 is 0. The summed E-state index contributed by atoms with van der Waals surface area (Å²) in [5, 5.41) is 12.4. The first-order valence-corrected chi connectivity index (χ1v) is 7.09. The SMILES string of the molecule is Cc1cnc(CNCC2CCN(CCO)CC2)cn1. The van der Waals surface area contributed by atoms with Crippen LogP contribution in [0.4, 0.5) is 0 Å². The predicted molar refractivity (Wildman–Crippen MR) is 74.7 cm³/mol. The third kappa shape index (κ3) is 4.86. The van der Waals surface area contributed by atoms with Crippen LogP contribution in [-0.2, 0) is 6.54 Å². The molecule has 0 saturated carbocycles. The van der Waals surface area contributed by atoms with Crippen LogP contribution in [0.25, 0.3) is 0 Å². The average molecular weight is 264 g/mol. The van der Waals surface area contributed by atoms with E-state index in [2.05, 4.69) is 20.2 Å². The van der Waals surface area contributed by atoms with E-state index in [1.807, 2.05) is 19.3 Å². The van der Waals surface area contributed by atoms with Gasteiger partial charge in [-0.15, -0.1) is 0 Å². The smallest absolute Gasteiger partial charge is 0.0724 e. The second kappa shape index (κ2) is 7.53. The van der Waals surface area contributed by atoms with Gasteiger partial charge in [-0.25, -0.2) is 0 Å². The van der Waals surface area contributed by atoms with Gasteiger partial charge < -0.3 is 15.3 Å². The highest BCUT2D eigenvalue weighted by Crippen LogP contribution is 2.15. The minimum absolute atomic E-state index is 0.273. The van der Waals surface area contributed by atoms with Gasteiger partial charge in [0.05, 0.1) is 18.0 Å². The molecule has 2 rings (SSSR count). The molecule has 1 saturated heterocycles. The standard InChI is InChI=1S/C14H24N4O/c1-12-8-17-14(11-16-12)10-15-9-13-2-4-18(5-3-13)6-7-19/h8,11,13,15,19H,2-7,9-10H2,1H3. The minimum atomic E-state index is 0.273. The lowest BCUT2D eigenvalue weighted by atomic mass is 9.97. The molecule has 1 fully saturated rings. The first-order valence-electron chi connectivity index (χ1n) is 7.09. The van der Waals surface area contributed by atoms with Gasteiger partial charge in [0, 0.05) is 25.5 Å². The van der Waals surface area contributed by atoms with E-state index in [4.69, 9.17) is 5.11 Å². The third-order valence-electron chi connectivity index (χ3n) is 3.70. The molecule has 0 amide bonds. The first kappa shape index (κ1) is 14.4. The molecular weight excluding hydrogens is 240 g/mol. The largest absolute Gasteiger partial charge is 0.395 e. The maximum atomic E-state index is 8.90. The third-order valence-corrected chi connectivity index (χ3v) is 3.70. The Kier molecular flexibility index (Phi) is 5.69. The van der Waals surface area contributed by atoms with Gasteiger partial charge in [-0.2, -0.15) is 0 Å². The Labute approximate surface area is 115 Å². The lowest BCUT2D eigenvalue weighted by molar-refractivity contribution is 0.146. The molecule has 1 aliphatic heterocycles. The Hall–Kier alpha value is -1.04. The molecule has 106 valence electrons. The summed E-state index contributed by atoms with van der Waals surface area (Å²) in [5.74, 6) is 0.744. The molecule has 19 heavy (non-hydrogen) atoms. The van der Waals surface area contributed by atoms with Crippen LogP contribution in [0.3, 0.4) is 0 Å². The fourth-order valence-corrected chi connectivity index (χ4v) is 2.47. The van der Waals surface area contributed by atoms with Gasteiger partial charge in [0.25, 0.3) is 0 Å². The van der Waals surface area contributed by atoms with Crippen LogP contribution in [-0.4, -0.2) is 52.8 Å². The zero-order valence-electron chi connectivity index (χ0n) is 11.7. The Morgan fingerprint density at radius 1 is 1.32 bits per heavy atom. The van der Waals surface area contributed by atoms with Crippen LogP contribution >= 0.6 is 0 Å². The summed E-state index contributed by atoms with van der Waals surface area (Å²) in [6, 6.07) is 0. The van der Waals surface area contributed by atoms with Crippen molar-refractivity contribution in [2.24, 2.45) is 5.92 Å². The number of aliphatic hydroxyl groups excluding tert-OH is 1. The summed E-state index contributed by atoms with van der Waals surface area (Å²) in [4.78, 5) is 10.9. The van der Waals surface area contributed by atoms with Gasteiger partial charge >= 0.3 is 0 Å². The fourth-order valence-electron chi connectivity index (χ4n) is 2.47. The monoisotopic (exact) mass is 264 g/mol. The van der Waals surface area contributed by atoms with Crippen molar-refractivity contribution in [1.82, 2.24) is 20.2 Å². The Morgan fingerprint density at radius 2 is 2.11 bits per heavy atom. The molecule has 5 nitrogen and oxygen atoms in total. The molecule has 0 spiro atoms. The van der Waals surface area contributed by atoms with Crippen molar-refractivity contribution in [1.29, 1.82) is 0 Å². The van der Waals surface area contributed by atoms with Crippen molar-refractivity contribution >= 4 is 0 Å². The van der Waals surface area contributed by atoms with Crippen LogP contribution in [0.1, 0.15) is 24.2 Å². The number of nitrogens with zero attached hydrogens (tertiary/aromatic N) is 3. The zero-order valence-corrected chi connectivity index (χ0v) is 11.7. The Bertz CT molecular complexity index is 360. The lowest BCUT2D eigenvalue weighted by Gasteiger charge is -2.31. The van der Waals surface area contributed by atoms with Crippen LogP contribution < -0.4 is 5.32 Å². The highest BCUT2D eigenvalue weighted by Gasteiger charge is 2.18. The number of rotatable bonds is 6. The molecule has 0 bridgehead atoms. The molecule has 1 aromatic heterocycles. The number of likely N-dealkylation sites (tertiary alicyclic amines) is 1. The average Bonchev–Trinajstić information content (AvgIpc) is 2.43. The number of nitrogens with one attached hydrogen (secondary N) is 1. The number of aliphatic hydroxyl groups is 1. The number of β-amino-alcohol motifs (C(OH)–C–C–N with tert-alkyl or cyclic N) is 1. The molecule has 2 N–H and O–H groups in total. The summed E-state index contributed by atoms with van der Waals surface area (Å²) in [6.07, 6.45) is 6.08. The Morgan fingerprint density at radius 3 is 2.74 bits per heavy atom. The second-order valence-electron chi connectivity index (χ2n) is 5.29. The van der Waals surface area contributed by atoms with Crippen LogP contribution in [0.15, 0.2) is 12.4 Å². The lowest BCUT2D eigenvalue weighted by Crippen LogP contribution is -2.38. The zero-order chi connectivity index (χ0) is 13.5. The van der Waals surface area contributed by atoms with E-state index in [9.17, 15) is 0 Å². The maximum absolute atomic E-state index is 8.90. The van der Waals surface area contributed by atoms with E-state index >= 15 is 0 Å². The van der Waals surface area contributed by atoms with Crippen molar-refractivity contribution in [3.8, 4) is 0 Å². The molecular formula is C14H24N4O. The van der Waals surface area contributed by atoms with Crippen molar-refractivity contribution in [3.63, 3.8) is 0 Å². The molecule has 0 atom stereocenters. The number of aryl methyl sites for hydroxylation is 1. The van der Waals surface area contributed by atoms with Crippen molar-refractivity contribution in [3.05, 3.63) is 23.8 Å². The number of aromatic nitrogens is 2. The van der Waals surface area contributed by atoms with E-state index in [1.54, 1.807) is 0 Å². The van der Waals surface area contributed by atoms with E-state index in [0.717, 1.165) is 50.0 Å². The molecule has 1 aromatic rings. The fraction of sp³-hybridized carbons (Fsp3) is 0.714. The highest BCUT2D eigenvalue weighted by atomic mass is 16.3. The number of piperidine rings is 1. The van der Waals surface area contributed by atoms with Gasteiger partial charge in [-0.3, -0.25) is 9.97 Å². The first-order chi connectivity index (χ1) is 9.28. The van der Waals surface area contributed by atoms with Crippen LogP contribution in [0, 0.1) is 12.8 Å². The Balaban J connectivity index is 1.63. The molecule has 2 heterocycles. The summed E-state index contributed by atoms with van der Waals surface area (Å²) in [7, 11) is 0. The van der Waals surface area contributed by atoms with E-state index in [-0.39, 0.29) is 6.61 Å². The van der Waals surface area contributed by atoms with Crippen molar-refractivity contribution < 1.29 is 5.11 Å². The highest BCUT2D eigenvalue weighted by molar-refractivity contribution is 5.00. The predicted octanol–water partition coefficient (Wildman–Crippen LogP) is 0.579. The van der Waals surface area contributed by atoms with Crippen molar-refractivity contribution in [2.45, 2.75) is 26.3 Å². The summed E-state index contributed by atoms with van der Waals surface area (Å²) in [6.45, 7) is 7.10. The molecule has 0 aromatic carbocycles. The maximum Gasteiger partial charge on any atom is 0.0724 e. The topological polar surface area (TPSA) is 61.3 Å². The van der Waals surface area contributed by atoms with Gasteiger partial charge in [0.1, 0.15) is 0 Å². The van der Waals surface area contributed by atoms with E-state index in [0.29, 0.717) is 0 Å². The summed E-state index contributed by atoms with van der Waals surface area (Å²) >= 11 is 0. The quantitative estimate of drug-likeness (QED) is 0.787. The minimum Gasteiger partial charge on any atom is -0.395 e. The van der Waals surface area contributed by atoms with Gasteiger partial charge in [0.2, 0.25) is 0 Å². The molecule has 1 aliphatic rings. The van der Waals surface area contributed by atoms with Gasteiger partial charge in [-0.05, 0) is 45.3 Å². The normalized spacial score (nSPS) is 17.8. The van der Waals surface area contributed by atoms with E-state index in [1.165, 1.54) is 12.8 Å². The molecule has 0 radical (unpaired) electrons. The summed E-state index contributed by atoms with van der Waals surface area (Å²) in [5.41, 5.74) is 1.96. The van der Waals surface area contributed by atoms with Crippen LogP contribution in [0.5, 0.6) is 0 Å². The number of hydrogen-bond donors (Lipinski definition) is 2. The number of hydrogen-bond acceptors (Lipinski definition) is 5.